The van der Waals surface area contributed by atoms with Crippen molar-refractivity contribution in [2.45, 2.75) is 200 Å². The highest BCUT2D eigenvalue weighted by molar-refractivity contribution is 5.91. The predicted molar refractivity (Wildman–Crippen MR) is 264 cm³/mol. The molecule has 0 aliphatic rings. The van der Waals surface area contributed by atoms with Crippen LogP contribution >= 0.6 is 0 Å². The maximum Gasteiger partial charge on any atom is 0.306 e. The molecule has 0 fully saturated rings. The summed E-state index contributed by atoms with van der Waals surface area (Å²) in [4.78, 5) is 91.4. The van der Waals surface area contributed by atoms with Crippen LogP contribution in [0.25, 0.3) is 0 Å². The standard InChI is InChI=1S/C26H49NO6.C25H44N2O8.H2/c1-27-25(29)23-33-22-21-32-20-16-18-24(28)17-14-12-10-8-6-4-2-3-5-7-9-11-13-15-19-26(30)31;1-18(24(32)33)10-11-21(29)9-7-13-34-14-15-35-17-23(31)27-12-6-5-8-20(19(2)28)16-22(30)25(3,4)26;/h2-23H2,1H3,(H,27,29)(H,30,31);18,20H,5-17,26H2,1-4H3,(H,27,31)(H,32,33);1H/t;18-,20+;/m.0./s1. The van der Waals surface area contributed by atoms with E-state index in [2.05, 4.69) is 10.6 Å². The summed E-state index contributed by atoms with van der Waals surface area (Å²) in [6.45, 7) is 9.11. The minimum absolute atomic E-state index is 0. The second kappa shape index (κ2) is 45.8. The van der Waals surface area contributed by atoms with Gasteiger partial charge < -0.3 is 45.5 Å². The van der Waals surface area contributed by atoms with Crippen LogP contribution in [-0.2, 0) is 57.3 Å². The number of ketones is 4. The molecule has 0 heterocycles. The molecule has 0 bridgehead atoms. The number of carboxylic acids is 2. The Morgan fingerprint density at radius 2 is 0.971 bits per heavy atom. The summed E-state index contributed by atoms with van der Waals surface area (Å²) in [5, 5.41) is 22.6. The zero-order valence-electron chi connectivity index (χ0n) is 42.8. The number of nitrogens with one attached hydrogen (secondary N) is 2. The largest absolute Gasteiger partial charge is 0.481 e. The van der Waals surface area contributed by atoms with Gasteiger partial charge in [0.05, 0.1) is 37.9 Å². The molecule has 0 saturated carbocycles. The summed E-state index contributed by atoms with van der Waals surface area (Å²) in [7, 11) is 1.57. The minimum atomic E-state index is -0.949. The average Bonchev–Trinajstić information content (AvgIpc) is 3.28. The lowest BCUT2D eigenvalue weighted by Crippen LogP contribution is -2.42. The highest BCUT2D eigenvalue weighted by atomic mass is 16.5. The predicted octanol–water partition coefficient (Wildman–Crippen LogP) is 7.75. The Morgan fingerprint density at radius 3 is 1.41 bits per heavy atom. The first kappa shape index (κ1) is 66.4. The van der Waals surface area contributed by atoms with Crippen LogP contribution in [0.2, 0.25) is 0 Å². The zero-order valence-corrected chi connectivity index (χ0v) is 42.8. The van der Waals surface area contributed by atoms with Crippen molar-refractivity contribution in [2.24, 2.45) is 17.6 Å². The Bertz CT molecular complexity index is 1380. The number of rotatable bonds is 48. The fourth-order valence-electron chi connectivity index (χ4n) is 6.79. The normalized spacial score (nSPS) is 12.1. The molecule has 398 valence electrons. The Balaban J connectivity index is -0.00000125. The van der Waals surface area contributed by atoms with Gasteiger partial charge in [0.2, 0.25) is 11.8 Å². The molecule has 17 nitrogen and oxygen atoms in total. The van der Waals surface area contributed by atoms with Crippen molar-refractivity contribution >= 4 is 46.9 Å². The fourth-order valence-corrected chi connectivity index (χ4v) is 6.79. The van der Waals surface area contributed by atoms with E-state index >= 15 is 0 Å². The number of hydrogen-bond acceptors (Lipinski definition) is 13. The van der Waals surface area contributed by atoms with Crippen molar-refractivity contribution in [1.82, 2.24) is 10.6 Å². The molecule has 0 aliphatic carbocycles. The van der Waals surface area contributed by atoms with E-state index in [0.29, 0.717) is 103 Å². The third-order valence-corrected chi connectivity index (χ3v) is 11.4. The van der Waals surface area contributed by atoms with Crippen LogP contribution in [-0.4, -0.2) is 129 Å². The van der Waals surface area contributed by atoms with E-state index in [1.165, 1.54) is 71.1 Å². The molecule has 0 radical (unpaired) electrons. The van der Waals surface area contributed by atoms with Gasteiger partial charge in [-0.05, 0) is 65.7 Å². The SMILES string of the molecule is CC(=O)[C@H](CCCCNC(=O)COCCOCCCC(=O)CC[C@H](C)C(=O)O)CC(=O)C(C)(C)N.CNC(=O)COCCOCCCC(=O)CCCCCCCCCCCCCCCCC(=O)O.[HH]. The molecule has 2 atom stereocenters. The van der Waals surface area contributed by atoms with Gasteiger partial charge in [-0.15, -0.1) is 0 Å². The maximum atomic E-state index is 12.1. The quantitative estimate of drug-likeness (QED) is 0.0365. The fraction of sp³-hybridized carbons (Fsp3) is 0.843. The molecule has 0 aromatic rings. The number of nitrogens with two attached hydrogens (primary N) is 1. The number of Topliss-reactive ketones (excluding diaryl/α,β-unsaturated/α-hetero) is 4. The monoisotopic (exact) mass is 974 g/mol. The molecule has 6 N–H and O–H groups in total. The molecule has 0 aromatic heterocycles. The van der Waals surface area contributed by atoms with E-state index in [1.807, 2.05) is 0 Å². The molecule has 2 amide bonds. The first-order valence-electron chi connectivity index (χ1n) is 25.5. The van der Waals surface area contributed by atoms with Crippen molar-refractivity contribution in [3.8, 4) is 0 Å². The van der Waals surface area contributed by atoms with Crippen LogP contribution in [0.5, 0.6) is 0 Å². The van der Waals surface area contributed by atoms with Gasteiger partial charge in [-0.25, -0.2) is 0 Å². The lowest BCUT2D eigenvalue weighted by Gasteiger charge is -2.20. The molecular weight excluding hydrogens is 879 g/mol. The molecule has 0 rings (SSSR count). The Labute approximate surface area is 409 Å². The van der Waals surface area contributed by atoms with Crippen molar-refractivity contribution in [3.63, 3.8) is 0 Å². The maximum absolute atomic E-state index is 12.1. The van der Waals surface area contributed by atoms with Gasteiger partial charge in [-0.3, -0.25) is 38.4 Å². The number of carbonyl (C=O) groups is 8. The molecule has 0 spiro atoms. The molecule has 17 heteroatoms. The number of likely N-dealkylation sites (N-methyl/N-ethyl adjacent to an activating group) is 1. The summed E-state index contributed by atoms with van der Waals surface area (Å²) in [5.74, 6) is -2.63. The van der Waals surface area contributed by atoms with E-state index in [4.69, 9.17) is 34.9 Å². The second-order valence-electron chi connectivity index (χ2n) is 18.4. The highest BCUT2D eigenvalue weighted by Gasteiger charge is 2.27. The summed E-state index contributed by atoms with van der Waals surface area (Å²) in [6.07, 6.45) is 22.7. The summed E-state index contributed by atoms with van der Waals surface area (Å²) >= 11 is 0. The number of carboxylic acid groups (broad SMARTS) is 2. The Kier molecular flexibility index (Phi) is 44.7. The third kappa shape index (κ3) is 47.4. The number of unbranched alkanes of at least 4 members (excludes halogenated alkanes) is 14. The summed E-state index contributed by atoms with van der Waals surface area (Å²) < 4.78 is 21.2. The van der Waals surface area contributed by atoms with E-state index < -0.39 is 23.4 Å². The van der Waals surface area contributed by atoms with Crippen LogP contribution in [0.1, 0.15) is 196 Å². The molecular formula is C51H95N3O14. The van der Waals surface area contributed by atoms with Gasteiger partial charge >= 0.3 is 11.9 Å². The lowest BCUT2D eigenvalue weighted by molar-refractivity contribution is -0.141. The van der Waals surface area contributed by atoms with Crippen LogP contribution < -0.4 is 16.4 Å². The van der Waals surface area contributed by atoms with E-state index in [1.54, 1.807) is 27.8 Å². The van der Waals surface area contributed by atoms with Crippen molar-refractivity contribution < 1.29 is 68.9 Å². The van der Waals surface area contributed by atoms with Gasteiger partial charge in [0.1, 0.15) is 30.6 Å². The van der Waals surface area contributed by atoms with Gasteiger partial charge in [0, 0.05) is 72.7 Å². The van der Waals surface area contributed by atoms with E-state index in [-0.39, 0.29) is 69.2 Å². The molecule has 0 aliphatic heterocycles. The smallest absolute Gasteiger partial charge is 0.306 e. The van der Waals surface area contributed by atoms with Crippen LogP contribution in [0, 0.1) is 11.8 Å². The van der Waals surface area contributed by atoms with Gasteiger partial charge in [-0.1, -0.05) is 90.4 Å². The highest BCUT2D eigenvalue weighted by Crippen LogP contribution is 2.18. The van der Waals surface area contributed by atoms with Crippen LogP contribution in [0.3, 0.4) is 0 Å². The topological polar surface area (TPSA) is 264 Å². The molecule has 0 unspecified atom stereocenters. The van der Waals surface area contributed by atoms with Crippen molar-refractivity contribution in [2.75, 3.05) is 66.4 Å². The van der Waals surface area contributed by atoms with Gasteiger partial charge in [0.25, 0.3) is 0 Å². The molecule has 0 aromatic carbocycles. The number of ether oxygens (including phenoxy) is 4. The van der Waals surface area contributed by atoms with E-state index in [0.717, 1.165) is 32.1 Å². The van der Waals surface area contributed by atoms with Crippen LogP contribution in [0.4, 0.5) is 0 Å². The molecule has 0 saturated heterocycles. The number of hydrogen-bond donors (Lipinski definition) is 5. The second-order valence-corrected chi connectivity index (χ2v) is 18.4. The summed E-state index contributed by atoms with van der Waals surface area (Å²) in [5.41, 5.74) is 4.85. The minimum Gasteiger partial charge on any atom is -0.481 e. The first-order chi connectivity index (χ1) is 32.4. The van der Waals surface area contributed by atoms with Crippen molar-refractivity contribution in [3.05, 3.63) is 0 Å². The Hall–Kier alpha value is -3.64. The number of aliphatic carboxylic acids is 2. The zero-order chi connectivity index (χ0) is 51.3. The van der Waals surface area contributed by atoms with Gasteiger partial charge in [0.15, 0.2) is 5.78 Å². The average molecular weight is 974 g/mol. The summed E-state index contributed by atoms with van der Waals surface area (Å²) in [6, 6.07) is 0. The lowest BCUT2D eigenvalue weighted by atomic mass is 9.87. The molecule has 68 heavy (non-hydrogen) atoms. The number of amides is 2. The van der Waals surface area contributed by atoms with E-state index in [9.17, 15) is 38.4 Å². The number of carbonyl (C=O) groups excluding carboxylic acids is 6. The Morgan fingerprint density at radius 1 is 0.544 bits per heavy atom. The van der Waals surface area contributed by atoms with Crippen LogP contribution in [0.15, 0.2) is 0 Å². The van der Waals surface area contributed by atoms with Crippen molar-refractivity contribution in [1.29, 1.82) is 0 Å². The van der Waals surface area contributed by atoms with Gasteiger partial charge in [-0.2, -0.15) is 0 Å². The third-order valence-electron chi connectivity index (χ3n) is 11.4. The first-order valence-corrected chi connectivity index (χ1v) is 25.5.